The number of ether oxygens (including phenoxy) is 1. The highest BCUT2D eigenvalue weighted by atomic mass is 35.5. The van der Waals surface area contributed by atoms with Crippen LogP contribution in [0.5, 0.6) is 5.75 Å². The monoisotopic (exact) mass is 340 g/mol. The number of hydrogen-bond acceptors (Lipinski definition) is 5. The van der Waals surface area contributed by atoms with Crippen LogP contribution < -0.4 is 4.74 Å². The molecule has 1 aliphatic rings. The van der Waals surface area contributed by atoms with Crippen molar-refractivity contribution in [1.82, 2.24) is 10.1 Å². The third-order valence-electron chi connectivity index (χ3n) is 3.67. The number of aromatic nitrogens is 2. The molecule has 5 nitrogen and oxygen atoms in total. The Morgan fingerprint density at radius 3 is 2.91 bits per heavy atom. The van der Waals surface area contributed by atoms with Crippen LogP contribution >= 0.6 is 11.6 Å². The maximum Gasteiger partial charge on any atom is 0.242 e. The molecular formula is C15H17ClN2O3S. The first kappa shape index (κ1) is 15.5. The van der Waals surface area contributed by atoms with Crippen molar-refractivity contribution in [3.8, 4) is 5.75 Å². The fourth-order valence-corrected chi connectivity index (χ4v) is 3.48. The maximum absolute atomic E-state index is 12.5. The molecule has 0 aliphatic heterocycles. The van der Waals surface area contributed by atoms with Crippen molar-refractivity contribution in [2.24, 2.45) is 0 Å². The molecule has 2 aromatic rings. The lowest BCUT2D eigenvalue weighted by Gasteiger charge is -2.09. The van der Waals surface area contributed by atoms with Gasteiger partial charge >= 0.3 is 0 Å². The van der Waals surface area contributed by atoms with E-state index in [2.05, 4.69) is 10.1 Å². The second kappa shape index (κ2) is 6.38. The van der Waals surface area contributed by atoms with Crippen molar-refractivity contribution < 1.29 is 13.5 Å². The molecular weight excluding hydrogens is 324 g/mol. The number of rotatable bonds is 6. The average Bonchev–Trinajstić information content (AvgIpc) is 3.24. The summed E-state index contributed by atoms with van der Waals surface area (Å²) in [5.74, 6) is 2.60. The molecule has 1 aliphatic carbocycles. The van der Waals surface area contributed by atoms with Gasteiger partial charge in [0.2, 0.25) is 5.89 Å². The van der Waals surface area contributed by atoms with Crippen LogP contribution in [0, 0.1) is 0 Å². The van der Waals surface area contributed by atoms with Crippen LogP contribution in [0.25, 0.3) is 0 Å². The van der Waals surface area contributed by atoms with E-state index in [9.17, 15) is 4.21 Å². The second-order valence-electron chi connectivity index (χ2n) is 5.40. The lowest BCUT2D eigenvalue weighted by atomic mass is 10.2. The summed E-state index contributed by atoms with van der Waals surface area (Å²) in [5, 5.41) is 4.18. The summed E-state index contributed by atoms with van der Waals surface area (Å²) in [5.41, 5.74) is 0.887. The van der Waals surface area contributed by atoms with Crippen molar-refractivity contribution in [1.29, 1.82) is 0 Å². The summed E-state index contributed by atoms with van der Waals surface area (Å²) in [6.45, 7) is 1.84. The smallest absolute Gasteiger partial charge is 0.242 e. The van der Waals surface area contributed by atoms with Gasteiger partial charge in [0.15, 0.2) is 5.82 Å². The zero-order valence-electron chi connectivity index (χ0n) is 12.4. The minimum atomic E-state index is -1.16. The highest BCUT2D eigenvalue weighted by molar-refractivity contribution is 7.84. The van der Waals surface area contributed by atoms with E-state index >= 15 is 0 Å². The van der Waals surface area contributed by atoms with Crippen LogP contribution in [-0.4, -0.2) is 21.5 Å². The molecule has 0 N–H and O–H groups in total. The van der Waals surface area contributed by atoms with E-state index < -0.39 is 10.8 Å². The Labute approximate surface area is 136 Å². The van der Waals surface area contributed by atoms with E-state index in [-0.39, 0.29) is 5.25 Å². The van der Waals surface area contributed by atoms with Crippen LogP contribution in [0.4, 0.5) is 0 Å². The fraction of sp³-hybridized carbons (Fsp3) is 0.467. The number of nitrogens with zero attached hydrogens (tertiary/aromatic N) is 2. The molecule has 0 amide bonds. The first-order valence-corrected chi connectivity index (χ1v) is 8.87. The standard InChI is InChI=1S/C15H17ClN2O3S/c1-9(15-17-14(18-21-15)11-4-5-11)22(19)8-10-3-6-13(20-2)12(16)7-10/h3,6-7,9,11H,4-5,8H2,1-2H3. The second-order valence-corrected chi connectivity index (χ2v) is 7.57. The zero-order valence-corrected chi connectivity index (χ0v) is 14.0. The Kier molecular flexibility index (Phi) is 4.49. The van der Waals surface area contributed by atoms with Gasteiger partial charge in [-0.3, -0.25) is 4.21 Å². The predicted octanol–water partition coefficient (Wildman–Crippen LogP) is 3.62. The SMILES string of the molecule is COc1ccc(CS(=O)C(C)c2nc(C3CC3)no2)cc1Cl. The Bertz CT molecular complexity index is 700. The van der Waals surface area contributed by atoms with Gasteiger partial charge in [0.05, 0.1) is 12.1 Å². The molecule has 1 saturated carbocycles. The van der Waals surface area contributed by atoms with Gasteiger partial charge in [-0.15, -0.1) is 0 Å². The normalized spacial score (nSPS) is 17.2. The van der Waals surface area contributed by atoms with E-state index in [1.165, 1.54) is 0 Å². The highest BCUT2D eigenvalue weighted by Gasteiger charge is 2.30. The molecule has 22 heavy (non-hydrogen) atoms. The molecule has 1 heterocycles. The minimum absolute atomic E-state index is 0.305. The van der Waals surface area contributed by atoms with Crippen LogP contribution in [0.2, 0.25) is 5.02 Å². The summed E-state index contributed by atoms with van der Waals surface area (Å²) in [6, 6.07) is 5.41. The molecule has 7 heteroatoms. The fourth-order valence-electron chi connectivity index (χ4n) is 2.12. The van der Waals surface area contributed by atoms with Crippen LogP contribution in [0.15, 0.2) is 22.7 Å². The quantitative estimate of drug-likeness (QED) is 0.803. The average molecular weight is 341 g/mol. The molecule has 1 aromatic heterocycles. The molecule has 0 spiro atoms. The lowest BCUT2D eigenvalue weighted by molar-refractivity contribution is 0.373. The number of hydrogen-bond donors (Lipinski definition) is 0. The third kappa shape index (κ3) is 3.33. The number of benzene rings is 1. The Morgan fingerprint density at radius 2 is 2.27 bits per heavy atom. The lowest BCUT2D eigenvalue weighted by Crippen LogP contribution is -2.06. The number of halogens is 1. The number of methoxy groups -OCH3 is 1. The Balaban J connectivity index is 1.68. The first-order valence-electron chi connectivity index (χ1n) is 7.11. The van der Waals surface area contributed by atoms with Gasteiger partial charge in [0, 0.05) is 22.5 Å². The summed E-state index contributed by atoms with van der Waals surface area (Å²) >= 11 is 6.09. The van der Waals surface area contributed by atoms with Gasteiger partial charge in [0.1, 0.15) is 11.0 Å². The van der Waals surface area contributed by atoms with Gasteiger partial charge < -0.3 is 9.26 Å². The molecule has 1 fully saturated rings. The third-order valence-corrected chi connectivity index (χ3v) is 5.57. The van der Waals surface area contributed by atoms with Crippen LogP contribution in [0.1, 0.15) is 48.2 Å². The topological polar surface area (TPSA) is 65.2 Å². The molecule has 0 saturated heterocycles. The van der Waals surface area contributed by atoms with Crippen molar-refractivity contribution >= 4 is 22.4 Å². The van der Waals surface area contributed by atoms with E-state index in [1.807, 2.05) is 13.0 Å². The van der Waals surface area contributed by atoms with Gasteiger partial charge in [-0.2, -0.15) is 4.98 Å². The largest absolute Gasteiger partial charge is 0.495 e. The van der Waals surface area contributed by atoms with Gasteiger partial charge in [-0.05, 0) is 37.5 Å². The predicted molar refractivity (Wildman–Crippen MR) is 84.5 cm³/mol. The highest BCUT2D eigenvalue weighted by Crippen LogP contribution is 2.38. The van der Waals surface area contributed by atoms with E-state index in [4.69, 9.17) is 20.9 Å². The zero-order chi connectivity index (χ0) is 15.7. The van der Waals surface area contributed by atoms with Gasteiger partial charge in [-0.25, -0.2) is 0 Å². The van der Waals surface area contributed by atoms with Crippen molar-refractivity contribution in [2.75, 3.05) is 7.11 Å². The molecule has 3 rings (SSSR count). The first-order chi connectivity index (χ1) is 10.6. The minimum Gasteiger partial charge on any atom is -0.495 e. The molecule has 1 aromatic carbocycles. The summed E-state index contributed by atoms with van der Waals surface area (Å²) in [7, 11) is 0.405. The maximum atomic E-state index is 12.5. The van der Waals surface area contributed by atoms with E-state index in [0.717, 1.165) is 24.2 Å². The van der Waals surface area contributed by atoms with Crippen molar-refractivity contribution in [2.45, 2.75) is 36.7 Å². The Hall–Kier alpha value is -1.40. The Morgan fingerprint density at radius 1 is 1.50 bits per heavy atom. The summed E-state index contributed by atoms with van der Waals surface area (Å²) in [6.07, 6.45) is 2.22. The van der Waals surface area contributed by atoms with E-state index in [1.54, 1.807) is 19.2 Å². The molecule has 0 bridgehead atoms. The van der Waals surface area contributed by atoms with Crippen molar-refractivity contribution in [3.63, 3.8) is 0 Å². The summed E-state index contributed by atoms with van der Waals surface area (Å²) in [4.78, 5) is 4.36. The summed E-state index contributed by atoms with van der Waals surface area (Å²) < 4.78 is 22.8. The van der Waals surface area contributed by atoms with Crippen LogP contribution in [-0.2, 0) is 16.6 Å². The van der Waals surface area contributed by atoms with Crippen LogP contribution in [0.3, 0.4) is 0 Å². The molecule has 0 radical (unpaired) electrons. The van der Waals surface area contributed by atoms with Gasteiger partial charge in [-0.1, -0.05) is 22.8 Å². The van der Waals surface area contributed by atoms with Crippen molar-refractivity contribution in [3.05, 3.63) is 40.5 Å². The molecule has 2 unspecified atom stereocenters. The molecule has 118 valence electrons. The van der Waals surface area contributed by atoms with E-state index in [0.29, 0.717) is 28.3 Å². The molecule has 2 atom stereocenters. The van der Waals surface area contributed by atoms with Gasteiger partial charge in [0.25, 0.3) is 0 Å².